The minimum Gasteiger partial charge on any atom is -0.313 e. The van der Waals surface area contributed by atoms with E-state index in [9.17, 15) is 0 Å². The number of nitrogens with one attached hydrogen (secondary N) is 1. The van der Waals surface area contributed by atoms with Gasteiger partial charge in [0.05, 0.1) is 0 Å². The van der Waals surface area contributed by atoms with Crippen LogP contribution in [0.5, 0.6) is 0 Å². The Morgan fingerprint density at radius 1 is 1.10 bits per heavy atom. The molecule has 1 aliphatic rings. The van der Waals surface area contributed by atoms with Gasteiger partial charge in [-0.15, -0.1) is 0 Å². The molecule has 0 aliphatic heterocycles. The number of rotatable bonds is 6. The quantitative estimate of drug-likeness (QED) is 0.804. The fourth-order valence-corrected chi connectivity index (χ4v) is 3.95. The summed E-state index contributed by atoms with van der Waals surface area (Å²) in [5.41, 5.74) is 4.24. The van der Waals surface area contributed by atoms with Crippen molar-refractivity contribution < 1.29 is 0 Å². The van der Waals surface area contributed by atoms with Gasteiger partial charge in [-0.1, -0.05) is 55.5 Å². The summed E-state index contributed by atoms with van der Waals surface area (Å²) in [4.78, 5) is 0. The van der Waals surface area contributed by atoms with Crippen molar-refractivity contribution in [3.8, 4) is 0 Å². The van der Waals surface area contributed by atoms with Crippen LogP contribution in [0.25, 0.3) is 0 Å². The first-order valence-corrected chi connectivity index (χ1v) is 9.10. The Bertz CT molecular complexity index is 390. The highest BCUT2D eigenvalue weighted by Crippen LogP contribution is 2.21. The Hall–Kier alpha value is -0.470. The van der Waals surface area contributed by atoms with Crippen molar-refractivity contribution in [3.63, 3.8) is 0 Å². The fourth-order valence-electron chi connectivity index (χ4n) is 3.09. The predicted octanol–water partition coefficient (Wildman–Crippen LogP) is 4.85. The Kier molecular flexibility index (Phi) is 6.44. The van der Waals surface area contributed by atoms with Crippen LogP contribution >= 0.6 is 11.8 Å². The Morgan fingerprint density at radius 3 is 2.40 bits per heavy atom. The molecule has 20 heavy (non-hydrogen) atoms. The van der Waals surface area contributed by atoms with Gasteiger partial charge in [0.15, 0.2) is 0 Å². The van der Waals surface area contributed by atoms with E-state index in [1.54, 1.807) is 0 Å². The zero-order chi connectivity index (χ0) is 14.4. The molecule has 0 spiro atoms. The van der Waals surface area contributed by atoms with Crippen molar-refractivity contribution in [2.75, 3.05) is 6.54 Å². The first-order valence-electron chi connectivity index (χ1n) is 8.05. The third kappa shape index (κ3) is 5.49. The summed E-state index contributed by atoms with van der Waals surface area (Å²) in [5.74, 6) is 1.13. The van der Waals surface area contributed by atoms with Gasteiger partial charge < -0.3 is 5.32 Å². The molecule has 1 aromatic carbocycles. The second kappa shape index (κ2) is 8.09. The Morgan fingerprint density at radius 2 is 1.75 bits per heavy atom. The molecule has 1 atom stereocenters. The second-order valence-electron chi connectivity index (χ2n) is 6.36. The Labute approximate surface area is 128 Å². The molecule has 1 aromatic rings. The molecule has 0 radical (unpaired) electrons. The molecule has 1 nitrogen and oxygen atoms in total. The van der Waals surface area contributed by atoms with Crippen molar-refractivity contribution in [2.24, 2.45) is 0 Å². The molecule has 0 saturated heterocycles. The van der Waals surface area contributed by atoms with E-state index in [1.807, 2.05) is 0 Å². The molecule has 1 N–H and O–H groups in total. The Balaban J connectivity index is 1.70. The summed E-state index contributed by atoms with van der Waals surface area (Å²) in [6.07, 6.45) is 7.04. The average Bonchev–Trinajstić information content (AvgIpc) is 2.43. The standard InChI is InChI=1S/C18H29NS/c1-14-9-15(2)11-17(10-14)13-20-16(3)12-19-18-7-5-4-6-8-18/h9-11,16,18-19H,4-8,12-13H2,1-3H3. The van der Waals surface area contributed by atoms with Crippen LogP contribution in [0.4, 0.5) is 0 Å². The van der Waals surface area contributed by atoms with Crippen LogP contribution in [0, 0.1) is 13.8 Å². The number of hydrogen-bond donors (Lipinski definition) is 1. The number of thioether (sulfide) groups is 1. The molecule has 2 rings (SSSR count). The molecule has 1 aliphatic carbocycles. The van der Waals surface area contributed by atoms with Crippen LogP contribution in [-0.4, -0.2) is 17.8 Å². The minimum absolute atomic E-state index is 0.692. The average molecular weight is 292 g/mol. The molecule has 1 saturated carbocycles. The maximum atomic E-state index is 3.76. The smallest absolute Gasteiger partial charge is 0.0187 e. The van der Waals surface area contributed by atoms with Crippen molar-refractivity contribution in [1.29, 1.82) is 0 Å². The molecule has 1 fully saturated rings. The number of aryl methyl sites for hydroxylation is 2. The monoisotopic (exact) mass is 291 g/mol. The van der Waals surface area contributed by atoms with Crippen LogP contribution in [0.15, 0.2) is 18.2 Å². The third-order valence-electron chi connectivity index (χ3n) is 4.12. The predicted molar refractivity (Wildman–Crippen MR) is 91.5 cm³/mol. The van der Waals surface area contributed by atoms with E-state index in [0.717, 1.165) is 18.3 Å². The van der Waals surface area contributed by atoms with Crippen LogP contribution in [0.1, 0.15) is 55.7 Å². The lowest BCUT2D eigenvalue weighted by Gasteiger charge is -2.24. The maximum Gasteiger partial charge on any atom is 0.0187 e. The van der Waals surface area contributed by atoms with Gasteiger partial charge in [-0.25, -0.2) is 0 Å². The third-order valence-corrected chi connectivity index (χ3v) is 5.35. The first-order chi connectivity index (χ1) is 9.63. The van der Waals surface area contributed by atoms with E-state index in [0.29, 0.717) is 5.25 Å². The molecule has 112 valence electrons. The van der Waals surface area contributed by atoms with E-state index in [1.165, 1.54) is 48.8 Å². The summed E-state index contributed by atoms with van der Waals surface area (Å²) in [6.45, 7) is 7.88. The van der Waals surface area contributed by atoms with Crippen LogP contribution in [0.3, 0.4) is 0 Å². The number of benzene rings is 1. The maximum absolute atomic E-state index is 3.76. The van der Waals surface area contributed by atoms with Crippen LogP contribution < -0.4 is 5.32 Å². The van der Waals surface area contributed by atoms with Crippen molar-refractivity contribution in [2.45, 2.75) is 69.9 Å². The van der Waals surface area contributed by atoms with E-state index in [-0.39, 0.29) is 0 Å². The van der Waals surface area contributed by atoms with Crippen LogP contribution in [0.2, 0.25) is 0 Å². The molecule has 0 aromatic heterocycles. The zero-order valence-electron chi connectivity index (χ0n) is 13.2. The highest BCUT2D eigenvalue weighted by Gasteiger charge is 2.13. The number of hydrogen-bond acceptors (Lipinski definition) is 2. The van der Waals surface area contributed by atoms with Gasteiger partial charge in [-0.3, -0.25) is 0 Å². The van der Waals surface area contributed by atoms with Crippen molar-refractivity contribution in [3.05, 3.63) is 34.9 Å². The zero-order valence-corrected chi connectivity index (χ0v) is 14.1. The van der Waals surface area contributed by atoms with Crippen molar-refractivity contribution in [1.82, 2.24) is 5.32 Å². The summed E-state index contributed by atoms with van der Waals surface area (Å²) >= 11 is 2.07. The summed E-state index contributed by atoms with van der Waals surface area (Å²) in [7, 11) is 0. The van der Waals surface area contributed by atoms with E-state index in [2.05, 4.69) is 56.0 Å². The van der Waals surface area contributed by atoms with Gasteiger partial charge in [0.2, 0.25) is 0 Å². The van der Waals surface area contributed by atoms with Gasteiger partial charge in [-0.05, 0) is 32.3 Å². The minimum atomic E-state index is 0.692. The first kappa shape index (κ1) is 15.9. The van der Waals surface area contributed by atoms with Crippen molar-refractivity contribution >= 4 is 11.8 Å². The molecular weight excluding hydrogens is 262 g/mol. The fraction of sp³-hybridized carbons (Fsp3) is 0.667. The highest BCUT2D eigenvalue weighted by atomic mass is 32.2. The molecular formula is C18H29NS. The van der Waals surface area contributed by atoms with Gasteiger partial charge in [0.25, 0.3) is 0 Å². The summed E-state index contributed by atoms with van der Waals surface area (Å²) in [6, 6.07) is 7.68. The normalized spacial score (nSPS) is 18.1. The molecule has 0 heterocycles. The second-order valence-corrected chi connectivity index (χ2v) is 7.79. The lowest BCUT2D eigenvalue weighted by atomic mass is 9.95. The van der Waals surface area contributed by atoms with E-state index < -0.39 is 0 Å². The molecule has 2 heteroatoms. The van der Waals surface area contributed by atoms with Gasteiger partial charge in [0.1, 0.15) is 0 Å². The largest absolute Gasteiger partial charge is 0.313 e. The lowest BCUT2D eigenvalue weighted by molar-refractivity contribution is 0.375. The van der Waals surface area contributed by atoms with Gasteiger partial charge in [0, 0.05) is 23.6 Å². The highest BCUT2D eigenvalue weighted by molar-refractivity contribution is 7.99. The topological polar surface area (TPSA) is 12.0 Å². The summed E-state index contributed by atoms with van der Waals surface area (Å²) < 4.78 is 0. The van der Waals surface area contributed by atoms with Gasteiger partial charge >= 0.3 is 0 Å². The van der Waals surface area contributed by atoms with Crippen LogP contribution in [-0.2, 0) is 5.75 Å². The lowest BCUT2D eigenvalue weighted by Crippen LogP contribution is -2.35. The SMILES string of the molecule is Cc1cc(C)cc(CSC(C)CNC2CCCCC2)c1. The van der Waals surface area contributed by atoms with Gasteiger partial charge in [-0.2, -0.15) is 11.8 Å². The summed E-state index contributed by atoms with van der Waals surface area (Å²) in [5, 5.41) is 4.45. The molecule has 1 unspecified atom stereocenters. The van der Waals surface area contributed by atoms with E-state index >= 15 is 0 Å². The molecule has 0 amide bonds. The molecule has 0 bridgehead atoms. The van der Waals surface area contributed by atoms with E-state index in [4.69, 9.17) is 0 Å².